The van der Waals surface area contributed by atoms with Gasteiger partial charge in [-0.05, 0) is 130 Å². The predicted molar refractivity (Wildman–Crippen MR) is 305 cm³/mol. The van der Waals surface area contributed by atoms with Gasteiger partial charge in [-0.15, -0.1) is 0 Å². The molecule has 0 atom stereocenters. The summed E-state index contributed by atoms with van der Waals surface area (Å²) in [7, 11) is 0. The average Bonchev–Trinajstić information content (AvgIpc) is 4.00. The molecule has 2 aliphatic rings. The lowest BCUT2D eigenvalue weighted by molar-refractivity contribution is 0.590. The lowest BCUT2D eigenvalue weighted by Gasteiger charge is -2.45. The number of anilines is 9. The highest BCUT2D eigenvalue weighted by Gasteiger charge is 2.46. The summed E-state index contributed by atoms with van der Waals surface area (Å²) in [6, 6.07) is 76.0. The number of hydrogen-bond donors (Lipinski definition) is 0. The van der Waals surface area contributed by atoms with Crippen LogP contribution in [0.15, 0.2) is 215 Å². The first-order valence-electron chi connectivity index (χ1n) is 25.5. The van der Waals surface area contributed by atoms with E-state index in [2.05, 4.69) is 249 Å². The highest BCUT2D eigenvalue weighted by molar-refractivity contribution is 7.01. The minimum Gasteiger partial charge on any atom is -0.456 e. The van der Waals surface area contributed by atoms with E-state index in [1.165, 1.54) is 38.3 Å². The number of unbranched alkanes of at least 4 members (excludes halogenated alkanes) is 1. The maximum absolute atomic E-state index is 6.80. The molecule has 0 unspecified atom stereocenters. The molecule has 14 rings (SSSR count). The Balaban J connectivity index is 1.16. The zero-order chi connectivity index (χ0) is 48.2. The fraction of sp³-hybridized carbons (Fsp3) is 0.121. The Bertz CT molecular complexity index is 4090. The van der Waals surface area contributed by atoms with E-state index in [0.717, 1.165) is 114 Å². The van der Waals surface area contributed by atoms with Crippen LogP contribution in [0.2, 0.25) is 0 Å². The number of fused-ring (bicyclic) bond motifs is 13. The van der Waals surface area contributed by atoms with Crippen LogP contribution < -0.4 is 31.1 Å². The molecule has 0 aliphatic carbocycles. The van der Waals surface area contributed by atoms with Crippen LogP contribution in [0, 0.1) is 0 Å². The van der Waals surface area contributed by atoms with Gasteiger partial charge in [0.2, 0.25) is 0 Å². The fourth-order valence-electron chi connectivity index (χ4n) is 11.9. The monoisotopic (exact) mass is 929 g/mol. The number of nitrogens with zero attached hydrogens (tertiary/aromatic N) is 3. The zero-order valence-electron chi connectivity index (χ0n) is 41.0. The number of benzene rings is 10. The minimum absolute atomic E-state index is 0.0237. The van der Waals surface area contributed by atoms with Gasteiger partial charge >= 0.3 is 0 Å². The smallest absolute Gasteiger partial charge is 0.252 e. The molecule has 0 bridgehead atoms. The van der Waals surface area contributed by atoms with Crippen molar-refractivity contribution >= 4 is 129 Å². The Morgan fingerprint density at radius 1 is 0.486 bits per heavy atom. The first-order chi connectivity index (χ1) is 35.3. The van der Waals surface area contributed by atoms with Crippen molar-refractivity contribution in [2.75, 3.05) is 14.7 Å². The van der Waals surface area contributed by atoms with Gasteiger partial charge < -0.3 is 23.5 Å². The Hall–Kier alpha value is -8.48. The van der Waals surface area contributed by atoms with Crippen molar-refractivity contribution in [2.45, 2.75) is 52.4 Å². The summed E-state index contributed by atoms with van der Waals surface area (Å²) in [6.07, 6.45) is 3.35. The summed E-state index contributed by atoms with van der Waals surface area (Å²) >= 11 is 0. The molecule has 0 N–H and O–H groups in total. The molecule has 0 saturated carbocycles. The van der Waals surface area contributed by atoms with E-state index in [-0.39, 0.29) is 12.1 Å². The molecule has 5 nitrogen and oxygen atoms in total. The van der Waals surface area contributed by atoms with E-state index >= 15 is 0 Å². The SMILES string of the molecule is CCCCc1ccc(N2c3cc(N(c4ccccc4)c4cccc5ccccc45)cc4c3B(c3ccc5oc6ccccc6c5c32)c2ccc3oc5ccccc5c3c2N4c2ccc(C(C)(C)C)cc2)cc1. The predicted octanol–water partition coefficient (Wildman–Crippen LogP) is 16.8. The quantitative estimate of drug-likeness (QED) is 0.142. The number of furan rings is 2. The average molecular weight is 930 g/mol. The number of para-hydroxylation sites is 3. The molecule has 6 heteroatoms. The molecule has 2 aliphatic heterocycles. The van der Waals surface area contributed by atoms with Gasteiger partial charge in [-0.3, -0.25) is 0 Å². The molecular formula is C66H52BN3O2. The largest absolute Gasteiger partial charge is 0.456 e. The van der Waals surface area contributed by atoms with E-state index in [1.54, 1.807) is 0 Å². The number of hydrogen-bond acceptors (Lipinski definition) is 5. The molecule has 346 valence electrons. The molecule has 4 heterocycles. The number of aryl methyl sites for hydroxylation is 1. The van der Waals surface area contributed by atoms with Crippen molar-refractivity contribution in [3.8, 4) is 0 Å². The van der Waals surface area contributed by atoms with Gasteiger partial charge in [0.05, 0.1) is 33.5 Å². The minimum atomic E-state index is -0.155. The van der Waals surface area contributed by atoms with Crippen LogP contribution in [0.3, 0.4) is 0 Å². The van der Waals surface area contributed by atoms with Gasteiger partial charge in [0.25, 0.3) is 6.71 Å². The number of rotatable bonds is 8. The Kier molecular flexibility index (Phi) is 9.60. The molecule has 72 heavy (non-hydrogen) atoms. The zero-order valence-corrected chi connectivity index (χ0v) is 41.0. The second kappa shape index (κ2) is 16.3. The van der Waals surface area contributed by atoms with Crippen molar-refractivity contribution < 1.29 is 8.83 Å². The second-order valence-electron chi connectivity index (χ2n) is 20.7. The third kappa shape index (κ3) is 6.48. The van der Waals surface area contributed by atoms with Gasteiger partial charge in [0.1, 0.15) is 22.3 Å². The molecule has 0 spiro atoms. The Labute approximate surface area is 420 Å². The van der Waals surface area contributed by atoms with E-state index in [9.17, 15) is 0 Å². The summed E-state index contributed by atoms with van der Waals surface area (Å²) in [5.41, 5.74) is 19.7. The lowest BCUT2D eigenvalue weighted by Crippen LogP contribution is -2.61. The summed E-state index contributed by atoms with van der Waals surface area (Å²) in [5, 5.41) is 6.78. The maximum Gasteiger partial charge on any atom is 0.252 e. The molecule has 0 amide bonds. The van der Waals surface area contributed by atoms with Gasteiger partial charge in [0, 0.05) is 44.6 Å². The highest BCUT2D eigenvalue weighted by atomic mass is 16.3. The van der Waals surface area contributed by atoms with Crippen molar-refractivity contribution in [3.05, 3.63) is 217 Å². The highest BCUT2D eigenvalue weighted by Crippen LogP contribution is 2.53. The lowest BCUT2D eigenvalue weighted by atomic mass is 9.33. The Morgan fingerprint density at radius 3 is 1.60 bits per heavy atom. The molecule has 10 aromatic carbocycles. The first-order valence-corrected chi connectivity index (χ1v) is 25.5. The normalized spacial score (nSPS) is 13.1. The fourth-order valence-corrected chi connectivity index (χ4v) is 11.9. The summed E-state index contributed by atoms with van der Waals surface area (Å²) < 4.78 is 13.6. The van der Waals surface area contributed by atoms with Gasteiger partial charge in [-0.25, -0.2) is 0 Å². The van der Waals surface area contributed by atoms with Crippen LogP contribution in [0.1, 0.15) is 51.7 Å². The summed E-state index contributed by atoms with van der Waals surface area (Å²) in [4.78, 5) is 7.58. The van der Waals surface area contributed by atoms with Crippen LogP contribution in [-0.4, -0.2) is 6.71 Å². The van der Waals surface area contributed by atoms with Crippen LogP contribution in [0.5, 0.6) is 0 Å². The molecule has 0 radical (unpaired) electrons. The molecule has 0 fully saturated rings. The summed E-state index contributed by atoms with van der Waals surface area (Å²) in [6.45, 7) is 8.98. The maximum atomic E-state index is 6.80. The van der Waals surface area contributed by atoms with Gasteiger partial charge in [-0.2, -0.15) is 0 Å². The molecule has 12 aromatic rings. The van der Waals surface area contributed by atoms with Gasteiger partial charge in [0.15, 0.2) is 0 Å². The topological polar surface area (TPSA) is 36.0 Å². The first kappa shape index (κ1) is 42.4. The third-order valence-corrected chi connectivity index (χ3v) is 15.3. The van der Waals surface area contributed by atoms with Crippen molar-refractivity contribution in [1.82, 2.24) is 0 Å². The van der Waals surface area contributed by atoms with Crippen LogP contribution in [-0.2, 0) is 11.8 Å². The standard InChI is InChI=1S/C66H52BN3O2/c1-5-6-17-42-28-32-46(33-29-42)69-55-40-48(68(45-20-8-7-9-21-45)54-25-16-19-43-18-10-11-22-49(43)54)41-56-63(55)67(52-36-38-59-61(64(52)69)50-23-12-14-26-57(50)71-59)53-37-39-60-62(51-24-13-15-27-58(51)72-60)65(53)70(56)47-34-30-44(31-35-47)66(2,3)4/h7-16,18-41H,5-6,17H2,1-4H3. The van der Waals surface area contributed by atoms with E-state index in [4.69, 9.17) is 8.83 Å². The molecular weight excluding hydrogens is 878 g/mol. The third-order valence-electron chi connectivity index (χ3n) is 15.3. The van der Waals surface area contributed by atoms with Gasteiger partial charge in [-0.1, -0.05) is 162 Å². The van der Waals surface area contributed by atoms with Crippen LogP contribution >= 0.6 is 0 Å². The van der Waals surface area contributed by atoms with Crippen LogP contribution in [0.4, 0.5) is 51.2 Å². The van der Waals surface area contributed by atoms with Crippen molar-refractivity contribution in [3.63, 3.8) is 0 Å². The molecule has 0 saturated heterocycles. The Morgan fingerprint density at radius 2 is 1.01 bits per heavy atom. The molecule has 2 aromatic heterocycles. The van der Waals surface area contributed by atoms with E-state index in [0.29, 0.717) is 0 Å². The second-order valence-corrected chi connectivity index (χ2v) is 20.7. The van der Waals surface area contributed by atoms with E-state index in [1.807, 2.05) is 0 Å². The van der Waals surface area contributed by atoms with E-state index < -0.39 is 0 Å². The summed E-state index contributed by atoms with van der Waals surface area (Å²) in [5.74, 6) is 0. The van der Waals surface area contributed by atoms with Crippen molar-refractivity contribution in [2.24, 2.45) is 0 Å². The van der Waals surface area contributed by atoms with Crippen molar-refractivity contribution in [1.29, 1.82) is 0 Å². The van der Waals surface area contributed by atoms with Crippen LogP contribution in [0.25, 0.3) is 54.6 Å².